The average Bonchev–Trinajstić information content (AvgIpc) is 3.11. The Balaban J connectivity index is 1.76. The molecular formula is C21H20FN5O. The first kappa shape index (κ1) is 17.9. The van der Waals surface area contributed by atoms with E-state index in [9.17, 15) is 9.18 Å². The van der Waals surface area contributed by atoms with E-state index in [-0.39, 0.29) is 11.7 Å². The molecule has 0 saturated carbocycles. The number of nitrogens with zero attached hydrogens (tertiary/aromatic N) is 3. The molecule has 2 N–H and O–H groups in total. The van der Waals surface area contributed by atoms with Crippen molar-refractivity contribution in [3.05, 3.63) is 82.6 Å². The fourth-order valence-electron chi connectivity index (χ4n) is 3.48. The Morgan fingerprint density at radius 2 is 1.89 bits per heavy atom. The van der Waals surface area contributed by atoms with Gasteiger partial charge in [-0.1, -0.05) is 29.8 Å². The molecule has 0 fully saturated rings. The van der Waals surface area contributed by atoms with Crippen molar-refractivity contribution in [3.8, 4) is 0 Å². The second-order valence-corrected chi connectivity index (χ2v) is 6.92. The molecule has 1 aromatic heterocycles. The predicted molar refractivity (Wildman–Crippen MR) is 105 cm³/mol. The summed E-state index contributed by atoms with van der Waals surface area (Å²) in [6.07, 6.45) is 1.43. The van der Waals surface area contributed by atoms with E-state index in [0.717, 1.165) is 22.4 Å². The zero-order chi connectivity index (χ0) is 19.8. The summed E-state index contributed by atoms with van der Waals surface area (Å²) in [5.74, 6) is -0.0409. The minimum absolute atomic E-state index is 0.243. The topological polar surface area (TPSA) is 71.8 Å². The molecular weight excluding hydrogens is 357 g/mol. The number of nitrogens with one attached hydrogen (secondary N) is 2. The standard InChI is InChI=1S/C21H20FN5O/c1-12-4-9-17(13(2)10-12)26-20(28)18-14(3)25-21-23-11-24-27(21)19(18)15-5-7-16(22)8-6-15/h4-11,19H,1-3H3,(H,26,28)(H,23,24,25). The summed E-state index contributed by atoms with van der Waals surface area (Å²) in [5.41, 5.74) is 4.79. The number of aromatic nitrogens is 3. The molecule has 142 valence electrons. The zero-order valence-electron chi connectivity index (χ0n) is 15.8. The number of allylic oxidation sites excluding steroid dienone is 1. The number of aryl methyl sites for hydroxylation is 2. The molecule has 0 radical (unpaired) electrons. The number of fused-ring (bicyclic) bond motifs is 1. The summed E-state index contributed by atoms with van der Waals surface area (Å²) in [5, 5.41) is 10.4. The maximum atomic E-state index is 13.4. The van der Waals surface area contributed by atoms with Crippen molar-refractivity contribution < 1.29 is 9.18 Å². The highest BCUT2D eigenvalue weighted by molar-refractivity contribution is 6.06. The van der Waals surface area contributed by atoms with Gasteiger partial charge in [-0.05, 0) is 50.1 Å². The first-order valence-electron chi connectivity index (χ1n) is 8.95. The lowest BCUT2D eigenvalue weighted by atomic mass is 9.95. The van der Waals surface area contributed by atoms with E-state index in [2.05, 4.69) is 20.7 Å². The van der Waals surface area contributed by atoms with Gasteiger partial charge in [-0.15, -0.1) is 0 Å². The number of carbonyl (C=O) groups is 1. The van der Waals surface area contributed by atoms with Crippen molar-refractivity contribution in [1.82, 2.24) is 14.8 Å². The summed E-state index contributed by atoms with van der Waals surface area (Å²) in [6, 6.07) is 11.4. The van der Waals surface area contributed by atoms with Crippen LogP contribution in [0.2, 0.25) is 0 Å². The molecule has 1 aliphatic rings. The smallest absolute Gasteiger partial charge is 0.255 e. The SMILES string of the molecule is CC1=C(C(=O)Nc2ccc(C)cc2C)C(c2ccc(F)cc2)n2ncnc2N1. The van der Waals surface area contributed by atoms with E-state index in [0.29, 0.717) is 17.2 Å². The second-order valence-electron chi connectivity index (χ2n) is 6.92. The summed E-state index contributed by atoms with van der Waals surface area (Å²) in [4.78, 5) is 17.5. The lowest BCUT2D eigenvalue weighted by Crippen LogP contribution is -2.31. The van der Waals surface area contributed by atoms with E-state index in [4.69, 9.17) is 0 Å². The largest absolute Gasteiger partial charge is 0.328 e. The fourth-order valence-corrected chi connectivity index (χ4v) is 3.48. The van der Waals surface area contributed by atoms with E-state index in [1.807, 2.05) is 39.0 Å². The number of hydrogen-bond acceptors (Lipinski definition) is 4. The van der Waals surface area contributed by atoms with Crippen LogP contribution in [0.4, 0.5) is 16.0 Å². The van der Waals surface area contributed by atoms with Gasteiger partial charge in [0.2, 0.25) is 5.95 Å². The number of anilines is 2. The Bertz CT molecular complexity index is 1080. The molecule has 1 atom stereocenters. The van der Waals surface area contributed by atoms with Crippen LogP contribution < -0.4 is 10.6 Å². The fraction of sp³-hybridized carbons (Fsp3) is 0.190. The molecule has 1 amide bonds. The summed E-state index contributed by atoms with van der Waals surface area (Å²) in [6.45, 7) is 5.79. The third-order valence-electron chi connectivity index (χ3n) is 4.85. The molecule has 28 heavy (non-hydrogen) atoms. The molecule has 0 saturated heterocycles. The summed E-state index contributed by atoms with van der Waals surface area (Å²) < 4.78 is 15.1. The number of benzene rings is 2. The second kappa shape index (κ2) is 6.92. The molecule has 4 rings (SSSR count). The molecule has 2 heterocycles. The van der Waals surface area contributed by atoms with Crippen LogP contribution in [-0.2, 0) is 4.79 Å². The number of rotatable bonds is 3. The van der Waals surface area contributed by atoms with Gasteiger partial charge in [0.25, 0.3) is 5.91 Å². The van der Waals surface area contributed by atoms with Crippen LogP contribution in [0.5, 0.6) is 0 Å². The maximum absolute atomic E-state index is 13.4. The number of carbonyl (C=O) groups excluding carboxylic acids is 1. The molecule has 0 bridgehead atoms. The lowest BCUT2D eigenvalue weighted by Gasteiger charge is -2.29. The van der Waals surface area contributed by atoms with Gasteiger partial charge in [0.15, 0.2) is 0 Å². The quantitative estimate of drug-likeness (QED) is 0.725. The van der Waals surface area contributed by atoms with Crippen LogP contribution in [0.1, 0.15) is 29.7 Å². The van der Waals surface area contributed by atoms with Crippen molar-refractivity contribution in [2.45, 2.75) is 26.8 Å². The molecule has 1 unspecified atom stereocenters. The Kier molecular flexibility index (Phi) is 4.43. The monoisotopic (exact) mass is 377 g/mol. The van der Waals surface area contributed by atoms with Gasteiger partial charge in [-0.3, -0.25) is 4.79 Å². The van der Waals surface area contributed by atoms with Crippen molar-refractivity contribution in [3.63, 3.8) is 0 Å². The van der Waals surface area contributed by atoms with Crippen molar-refractivity contribution >= 4 is 17.5 Å². The molecule has 0 spiro atoms. The highest BCUT2D eigenvalue weighted by Gasteiger charge is 2.33. The molecule has 3 aromatic rings. The Morgan fingerprint density at radius 3 is 2.61 bits per heavy atom. The van der Waals surface area contributed by atoms with E-state index in [1.54, 1.807) is 16.8 Å². The molecule has 1 aliphatic heterocycles. The minimum atomic E-state index is -0.509. The van der Waals surface area contributed by atoms with Gasteiger partial charge >= 0.3 is 0 Å². The van der Waals surface area contributed by atoms with Crippen LogP contribution in [-0.4, -0.2) is 20.7 Å². The van der Waals surface area contributed by atoms with Crippen molar-refractivity contribution in [1.29, 1.82) is 0 Å². The molecule has 0 aliphatic carbocycles. The minimum Gasteiger partial charge on any atom is -0.328 e. The molecule has 6 nitrogen and oxygen atoms in total. The maximum Gasteiger partial charge on any atom is 0.255 e. The Hall–Kier alpha value is -3.48. The zero-order valence-corrected chi connectivity index (χ0v) is 15.8. The van der Waals surface area contributed by atoms with Crippen molar-refractivity contribution in [2.75, 3.05) is 10.6 Å². The third kappa shape index (κ3) is 3.15. The van der Waals surface area contributed by atoms with Gasteiger partial charge in [0, 0.05) is 11.4 Å². The Morgan fingerprint density at radius 1 is 1.14 bits per heavy atom. The average molecular weight is 377 g/mol. The van der Waals surface area contributed by atoms with Gasteiger partial charge in [0.05, 0.1) is 5.57 Å². The van der Waals surface area contributed by atoms with Crippen LogP contribution in [0.3, 0.4) is 0 Å². The van der Waals surface area contributed by atoms with E-state index < -0.39 is 6.04 Å². The third-order valence-corrected chi connectivity index (χ3v) is 4.85. The number of amides is 1. The predicted octanol–water partition coefficient (Wildman–Crippen LogP) is 3.96. The highest BCUT2D eigenvalue weighted by Crippen LogP contribution is 2.35. The van der Waals surface area contributed by atoms with Crippen LogP contribution >= 0.6 is 0 Å². The first-order valence-corrected chi connectivity index (χ1v) is 8.95. The van der Waals surface area contributed by atoms with Gasteiger partial charge < -0.3 is 10.6 Å². The number of halogens is 1. The summed E-state index contributed by atoms with van der Waals surface area (Å²) >= 11 is 0. The van der Waals surface area contributed by atoms with Crippen molar-refractivity contribution in [2.24, 2.45) is 0 Å². The van der Waals surface area contributed by atoms with E-state index >= 15 is 0 Å². The summed E-state index contributed by atoms with van der Waals surface area (Å²) in [7, 11) is 0. The number of hydrogen-bond donors (Lipinski definition) is 2. The van der Waals surface area contributed by atoms with E-state index in [1.165, 1.54) is 18.5 Å². The van der Waals surface area contributed by atoms with Crippen LogP contribution in [0, 0.1) is 19.7 Å². The Labute approximate surface area is 162 Å². The lowest BCUT2D eigenvalue weighted by molar-refractivity contribution is -0.113. The van der Waals surface area contributed by atoms with Crippen LogP contribution in [0.25, 0.3) is 0 Å². The van der Waals surface area contributed by atoms with Crippen LogP contribution in [0.15, 0.2) is 60.1 Å². The normalized spacial score (nSPS) is 15.8. The highest BCUT2D eigenvalue weighted by atomic mass is 19.1. The van der Waals surface area contributed by atoms with Gasteiger partial charge in [-0.25, -0.2) is 9.07 Å². The van der Waals surface area contributed by atoms with Gasteiger partial charge in [0.1, 0.15) is 18.2 Å². The first-order chi connectivity index (χ1) is 13.4. The molecule has 7 heteroatoms. The van der Waals surface area contributed by atoms with Gasteiger partial charge in [-0.2, -0.15) is 10.1 Å². The molecule has 2 aromatic carbocycles.